The molecule has 4 heterocycles. The van der Waals surface area contributed by atoms with Crippen LogP contribution in [0.5, 0.6) is 0 Å². The van der Waals surface area contributed by atoms with Crippen molar-refractivity contribution in [2.45, 2.75) is 19.3 Å². The number of nitrogens with zero attached hydrogens (tertiary/aromatic N) is 4. The van der Waals surface area contributed by atoms with Gasteiger partial charge in [0.2, 0.25) is 0 Å². The Bertz CT molecular complexity index is 3040. The molecule has 0 fully saturated rings. The largest absolute Gasteiger partial charge is 0.245 e. The summed E-state index contributed by atoms with van der Waals surface area (Å²) in [6.07, 6.45) is 0. The molecular weight excluding hydrogens is 669 g/mol. The molecule has 0 unspecified atom stereocenters. The van der Waals surface area contributed by atoms with Crippen molar-refractivity contribution in [3.63, 3.8) is 0 Å². The third kappa shape index (κ3) is 5.80. The van der Waals surface area contributed by atoms with Gasteiger partial charge in [-0.1, -0.05) is 172 Å². The van der Waals surface area contributed by atoms with Crippen LogP contribution in [0.4, 0.5) is 0 Å². The van der Waals surface area contributed by atoms with Crippen LogP contribution in [0.3, 0.4) is 0 Å². The third-order valence-electron chi connectivity index (χ3n) is 11.0. The predicted octanol–water partition coefficient (Wildman–Crippen LogP) is 12.9. The first-order valence-corrected chi connectivity index (χ1v) is 18.7. The van der Waals surface area contributed by atoms with Gasteiger partial charge in [-0.3, -0.25) is 0 Å². The maximum absolute atomic E-state index is 5.32. The Morgan fingerprint density at radius 3 is 1.11 bits per heavy atom. The molecule has 55 heavy (non-hydrogen) atoms. The van der Waals surface area contributed by atoms with Crippen LogP contribution < -0.4 is 0 Å². The molecule has 4 aromatic heterocycles. The lowest BCUT2D eigenvalue weighted by molar-refractivity contribution is 0.642. The molecule has 0 saturated heterocycles. The Labute approximate surface area is 319 Å². The van der Waals surface area contributed by atoms with E-state index in [2.05, 4.69) is 159 Å². The number of fused-ring (bicyclic) bond motifs is 6. The smallest absolute Gasteiger partial charge is 0.0972 e. The van der Waals surface area contributed by atoms with E-state index in [0.29, 0.717) is 0 Å². The van der Waals surface area contributed by atoms with Gasteiger partial charge in [0.05, 0.1) is 44.8 Å². The van der Waals surface area contributed by atoms with Gasteiger partial charge in [0.15, 0.2) is 0 Å². The molecule has 10 rings (SSSR count). The SMILES string of the molecule is CC(C)(c1ccc(-c2ccc3ccc4ccc(-c5ccccc5)nc4c3n2)cc1)c1ccccc1-c1ccc2ccc3ccc(-c4ccccc4)nc3c2n1. The minimum Gasteiger partial charge on any atom is -0.245 e. The van der Waals surface area contributed by atoms with Gasteiger partial charge in [-0.25, -0.2) is 19.9 Å². The number of pyridine rings is 4. The lowest BCUT2D eigenvalue weighted by atomic mass is 9.75. The number of hydrogen-bond acceptors (Lipinski definition) is 4. The van der Waals surface area contributed by atoms with E-state index >= 15 is 0 Å². The molecule has 0 saturated carbocycles. The van der Waals surface area contributed by atoms with Crippen molar-refractivity contribution >= 4 is 43.6 Å². The van der Waals surface area contributed by atoms with Gasteiger partial charge in [-0.15, -0.1) is 0 Å². The third-order valence-corrected chi connectivity index (χ3v) is 11.0. The monoisotopic (exact) mass is 704 g/mol. The van der Waals surface area contributed by atoms with Gasteiger partial charge < -0.3 is 0 Å². The molecule has 10 aromatic rings. The van der Waals surface area contributed by atoms with Crippen LogP contribution in [0.1, 0.15) is 25.0 Å². The molecule has 6 aromatic carbocycles. The standard InChI is InChI=1S/C51H36N4/c1-51(2,40-27-21-35(22-28-40)45-31-25-37-18-17-36-23-29-43(33-11-5-3-6-12-33)52-47(36)48(37)54-45)42-16-10-9-15-41(42)46-32-26-39-20-19-38-24-30-44(34-13-7-4-8-14-34)53-49(38)50(39)55-46/h3-32H,1-2H3. The van der Waals surface area contributed by atoms with E-state index in [4.69, 9.17) is 19.9 Å². The van der Waals surface area contributed by atoms with E-state index in [-0.39, 0.29) is 5.41 Å². The zero-order chi connectivity index (χ0) is 36.9. The summed E-state index contributed by atoms with van der Waals surface area (Å²) >= 11 is 0. The van der Waals surface area contributed by atoms with Crippen molar-refractivity contribution in [2.75, 3.05) is 0 Å². The molecule has 4 nitrogen and oxygen atoms in total. The molecule has 0 spiro atoms. The van der Waals surface area contributed by atoms with Crippen molar-refractivity contribution in [3.8, 4) is 45.0 Å². The van der Waals surface area contributed by atoms with Crippen molar-refractivity contribution in [3.05, 3.63) is 193 Å². The second-order valence-electron chi connectivity index (χ2n) is 14.7. The Balaban J connectivity index is 1.01. The predicted molar refractivity (Wildman–Crippen MR) is 228 cm³/mol. The van der Waals surface area contributed by atoms with Crippen molar-refractivity contribution in [1.29, 1.82) is 0 Å². The van der Waals surface area contributed by atoms with Crippen LogP contribution in [0.2, 0.25) is 0 Å². The highest BCUT2D eigenvalue weighted by Crippen LogP contribution is 2.39. The Morgan fingerprint density at radius 2 is 0.655 bits per heavy atom. The van der Waals surface area contributed by atoms with Crippen LogP contribution in [0.15, 0.2) is 182 Å². The van der Waals surface area contributed by atoms with Crippen molar-refractivity contribution in [1.82, 2.24) is 19.9 Å². The summed E-state index contributed by atoms with van der Waals surface area (Å²) in [6.45, 7) is 4.59. The average molecular weight is 705 g/mol. The fourth-order valence-electron chi connectivity index (χ4n) is 7.85. The average Bonchev–Trinajstić information content (AvgIpc) is 3.26. The van der Waals surface area contributed by atoms with Crippen molar-refractivity contribution in [2.24, 2.45) is 0 Å². The highest BCUT2D eigenvalue weighted by molar-refractivity contribution is 6.05. The quantitative estimate of drug-likeness (QED) is 0.162. The van der Waals surface area contributed by atoms with Gasteiger partial charge in [0, 0.05) is 49.2 Å². The lowest BCUT2D eigenvalue weighted by Gasteiger charge is -2.29. The van der Waals surface area contributed by atoms with Crippen LogP contribution in [-0.4, -0.2) is 19.9 Å². The molecule has 0 atom stereocenters. The topological polar surface area (TPSA) is 51.6 Å². The van der Waals surface area contributed by atoms with E-state index in [1.807, 2.05) is 36.4 Å². The van der Waals surface area contributed by atoms with E-state index < -0.39 is 0 Å². The summed E-state index contributed by atoms with van der Waals surface area (Å²) in [6, 6.07) is 63.7. The Hall–Kier alpha value is -7.04. The zero-order valence-electron chi connectivity index (χ0n) is 30.6. The van der Waals surface area contributed by atoms with E-state index in [0.717, 1.165) is 88.6 Å². The molecule has 0 radical (unpaired) electrons. The molecular formula is C51H36N4. The first kappa shape index (κ1) is 32.6. The highest BCUT2D eigenvalue weighted by atomic mass is 14.8. The maximum atomic E-state index is 5.32. The van der Waals surface area contributed by atoms with E-state index in [1.54, 1.807) is 0 Å². The summed E-state index contributed by atoms with van der Waals surface area (Å²) in [5.41, 5.74) is 13.9. The number of hydrogen-bond donors (Lipinski definition) is 0. The van der Waals surface area contributed by atoms with E-state index in [1.165, 1.54) is 11.1 Å². The van der Waals surface area contributed by atoms with Crippen LogP contribution in [0, 0.1) is 0 Å². The van der Waals surface area contributed by atoms with E-state index in [9.17, 15) is 0 Å². The van der Waals surface area contributed by atoms with Crippen LogP contribution >= 0.6 is 0 Å². The minimum atomic E-state index is -0.311. The lowest BCUT2D eigenvalue weighted by Crippen LogP contribution is -2.20. The van der Waals surface area contributed by atoms with Gasteiger partial charge in [0.1, 0.15) is 0 Å². The molecule has 260 valence electrons. The maximum Gasteiger partial charge on any atom is 0.0972 e. The van der Waals surface area contributed by atoms with Gasteiger partial charge >= 0.3 is 0 Å². The van der Waals surface area contributed by atoms with Crippen LogP contribution in [-0.2, 0) is 5.41 Å². The number of aromatic nitrogens is 4. The molecule has 0 bridgehead atoms. The fourth-order valence-corrected chi connectivity index (χ4v) is 7.85. The fraction of sp³-hybridized carbons (Fsp3) is 0.0588. The first-order chi connectivity index (χ1) is 27.0. The minimum absolute atomic E-state index is 0.311. The van der Waals surface area contributed by atoms with Crippen molar-refractivity contribution < 1.29 is 0 Å². The number of rotatable bonds is 6. The molecule has 0 N–H and O–H groups in total. The second-order valence-corrected chi connectivity index (χ2v) is 14.7. The molecule has 0 amide bonds. The van der Waals surface area contributed by atoms with Crippen LogP contribution in [0.25, 0.3) is 88.6 Å². The highest BCUT2D eigenvalue weighted by Gasteiger charge is 2.27. The van der Waals surface area contributed by atoms with Gasteiger partial charge in [-0.2, -0.15) is 0 Å². The summed E-state index contributed by atoms with van der Waals surface area (Å²) < 4.78 is 0. The summed E-state index contributed by atoms with van der Waals surface area (Å²) in [7, 11) is 0. The Morgan fingerprint density at radius 1 is 0.309 bits per heavy atom. The molecule has 0 aliphatic heterocycles. The normalized spacial score (nSPS) is 11.8. The molecule has 4 heteroatoms. The molecule has 0 aliphatic rings. The summed E-state index contributed by atoms with van der Waals surface area (Å²) in [5.74, 6) is 0. The first-order valence-electron chi connectivity index (χ1n) is 18.7. The Kier molecular flexibility index (Phi) is 7.77. The summed E-state index contributed by atoms with van der Waals surface area (Å²) in [5, 5.41) is 4.30. The zero-order valence-corrected chi connectivity index (χ0v) is 30.6. The molecule has 0 aliphatic carbocycles. The number of benzene rings is 6. The summed E-state index contributed by atoms with van der Waals surface area (Å²) in [4.78, 5) is 20.8. The second kappa shape index (κ2) is 13.1. The van der Waals surface area contributed by atoms with Gasteiger partial charge in [-0.05, 0) is 35.4 Å². The van der Waals surface area contributed by atoms with Gasteiger partial charge in [0.25, 0.3) is 0 Å².